The second-order valence-corrected chi connectivity index (χ2v) is 4.56. The van der Waals surface area contributed by atoms with Gasteiger partial charge < -0.3 is 9.47 Å². The molecule has 2 nitrogen and oxygen atoms in total. The third-order valence-electron chi connectivity index (χ3n) is 2.94. The molecule has 1 aliphatic rings. The van der Waals surface area contributed by atoms with E-state index in [1.165, 1.54) is 51.4 Å². The van der Waals surface area contributed by atoms with E-state index in [-0.39, 0.29) is 6.29 Å². The molecule has 1 saturated heterocycles. The SMILES string of the molecule is CCCCCCCCCCOC1OC1C. The Morgan fingerprint density at radius 3 is 2.00 bits per heavy atom. The van der Waals surface area contributed by atoms with E-state index in [1.807, 2.05) is 0 Å². The van der Waals surface area contributed by atoms with Gasteiger partial charge in [-0.3, -0.25) is 0 Å². The zero-order valence-corrected chi connectivity index (χ0v) is 10.3. The lowest BCUT2D eigenvalue weighted by Gasteiger charge is -2.01. The Morgan fingerprint density at radius 1 is 0.933 bits per heavy atom. The van der Waals surface area contributed by atoms with Crippen LogP contribution in [-0.4, -0.2) is 19.0 Å². The van der Waals surface area contributed by atoms with E-state index >= 15 is 0 Å². The largest absolute Gasteiger partial charge is 0.350 e. The first-order valence-corrected chi connectivity index (χ1v) is 6.61. The Morgan fingerprint density at radius 2 is 1.47 bits per heavy atom. The molecule has 0 aliphatic carbocycles. The van der Waals surface area contributed by atoms with E-state index in [1.54, 1.807) is 0 Å². The lowest BCUT2D eigenvalue weighted by molar-refractivity contribution is 0.0478. The first kappa shape index (κ1) is 13.0. The van der Waals surface area contributed by atoms with Crippen molar-refractivity contribution >= 4 is 0 Å². The maximum absolute atomic E-state index is 5.49. The Bertz CT molecular complexity index is 147. The van der Waals surface area contributed by atoms with Gasteiger partial charge in [0, 0.05) is 6.61 Å². The molecule has 0 spiro atoms. The van der Waals surface area contributed by atoms with Crippen LogP contribution in [0.15, 0.2) is 0 Å². The van der Waals surface area contributed by atoms with E-state index < -0.39 is 0 Å². The highest BCUT2D eigenvalue weighted by Gasteiger charge is 2.34. The number of epoxide rings is 1. The van der Waals surface area contributed by atoms with Crippen molar-refractivity contribution in [3.05, 3.63) is 0 Å². The lowest BCUT2D eigenvalue weighted by Crippen LogP contribution is -1.99. The molecule has 2 unspecified atom stereocenters. The van der Waals surface area contributed by atoms with Crippen LogP contribution in [0.1, 0.15) is 65.2 Å². The summed E-state index contributed by atoms with van der Waals surface area (Å²) < 4.78 is 10.7. The van der Waals surface area contributed by atoms with Crippen LogP contribution in [0.5, 0.6) is 0 Å². The summed E-state index contributed by atoms with van der Waals surface area (Å²) in [7, 11) is 0. The summed E-state index contributed by atoms with van der Waals surface area (Å²) in [5, 5.41) is 0. The minimum atomic E-state index is 0.120. The van der Waals surface area contributed by atoms with Gasteiger partial charge in [-0.25, -0.2) is 0 Å². The Kier molecular flexibility index (Phi) is 7.03. The molecule has 0 saturated carbocycles. The minimum Gasteiger partial charge on any atom is -0.350 e. The molecule has 0 bridgehead atoms. The molecule has 0 N–H and O–H groups in total. The van der Waals surface area contributed by atoms with Crippen molar-refractivity contribution in [1.82, 2.24) is 0 Å². The molecule has 2 atom stereocenters. The number of hydrogen-bond donors (Lipinski definition) is 0. The Labute approximate surface area is 94.3 Å². The van der Waals surface area contributed by atoms with Crippen LogP contribution in [0.3, 0.4) is 0 Å². The van der Waals surface area contributed by atoms with Crippen LogP contribution >= 0.6 is 0 Å². The van der Waals surface area contributed by atoms with Crippen LogP contribution in [0.2, 0.25) is 0 Å². The molecule has 0 aromatic heterocycles. The van der Waals surface area contributed by atoms with Gasteiger partial charge in [0.15, 0.2) is 6.29 Å². The fourth-order valence-corrected chi connectivity index (χ4v) is 1.78. The zero-order valence-electron chi connectivity index (χ0n) is 10.3. The summed E-state index contributed by atoms with van der Waals surface area (Å²) >= 11 is 0. The molecule has 1 heterocycles. The quantitative estimate of drug-likeness (QED) is 0.406. The molecule has 0 radical (unpaired) electrons. The second-order valence-electron chi connectivity index (χ2n) is 4.56. The average molecular weight is 214 g/mol. The first-order chi connectivity index (χ1) is 7.34. The van der Waals surface area contributed by atoms with E-state index in [2.05, 4.69) is 13.8 Å². The van der Waals surface area contributed by atoms with Crippen LogP contribution in [0.25, 0.3) is 0 Å². The summed E-state index contributed by atoms with van der Waals surface area (Å²) in [6.07, 6.45) is 11.3. The number of ether oxygens (including phenoxy) is 2. The fourth-order valence-electron chi connectivity index (χ4n) is 1.78. The maximum Gasteiger partial charge on any atom is 0.184 e. The second kappa shape index (κ2) is 8.12. The standard InChI is InChI=1S/C13H26O2/c1-3-4-5-6-7-8-9-10-11-14-13-12(2)15-13/h12-13H,3-11H2,1-2H3. The van der Waals surface area contributed by atoms with Gasteiger partial charge in [0.1, 0.15) is 6.10 Å². The predicted molar refractivity (Wildman–Crippen MR) is 62.9 cm³/mol. The third-order valence-corrected chi connectivity index (χ3v) is 2.94. The van der Waals surface area contributed by atoms with Crippen molar-refractivity contribution in [2.75, 3.05) is 6.61 Å². The highest BCUT2D eigenvalue weighted by atomic mass is 16.8. The van der Waals surface area contributed by atoms with Gasteiger partial charge in [0.2, 0.25) is 0 Å². The minimum absolute atomic E-state index is 0.120. The number of rotatable bonds is 10. The molecule has 1 fully saturated rings. The van der Waals surface area contributed by atoms with Crippen molar-refractivity contribution in [3.63, 3.8) is 0 Å². The normalized spacial score (nSPS) is 24.4. The van der Waals surface area contributed by atoms with Crippen molar-refractivity contribution in [2.45, 2.75) is 77.6 Å². The molecule has 1 rings (SSSR count). The molecular weight excluding hydrogens is 188 g/mol. The van der Waals surface area contributed by atoms with Crippen molar-refractivity contribution in [3.8, 4) is 0 Å². The number of hydrogen-bond acceptors (Lipinski definition) is 2. The van der Waals surface area contributed by atoms with E-state index in [0.717, 1.165) is 6.61 Å². The summed E-state index contributed by atoms with van der Waals surface area (Å²) in [5.74, 6) is 0. The van der Waals surface area contributed by atoms with Gasteiger partial charge in [-0.2, -0.15) is 0 Å². The molecule has 15 heavy (non-hydrogen) atoms. The monoisotopic (exact) mass is 214 g/mol. The van der Waals surface area contributed by atoms with Crippen LogP contribution in [-0.2, 0) is 9.47 Å². The van der Waals surface area contributed by atoms with Crippen molar-refractivity contribution in [1.29, 1.82) is 0 Å². The molecule has 0 aromatic carbocycles. The van der Waals surface area contributed by atoms with Gasteiger partial charge in [-0.1, -0.05) is 51.9 Å². The van der Waals surface area contributed by atoms with Gasteiger partial charge in [0.25, 0.3) is 0 Å². The molecule has 0 amide bonds. The summed E-state index contributed by atoms with van der Waals surface area (Å²) in [5.41, 5.74) is 0. The van der Waals surface area contributed by atoms with Gasteiger partial charge in [0.05, 0.1) is 0 Å². The Balaban J connectivity index is 1.66. The topological polar surface area (TPSA) is 21.8 Å². The summed E-state index contributed by atoms with van der Waals surface area (Å²) in [6, 6.07) is 0. The summed E-state index contributed by atoms with van der Waals surface area (Å²) in [6.45, 7) is 5.20. The third kappa shape index (κ3) is 6.91. The smallest absolute Gasteiger partial charge is 0.184 e. The Hall–Kier alpha value is -0.0800. The zero-order chi connectivity index (χ0) is 10.9. The van der Waals surface area contributed by atoms with E-state index in [9.17, 15) is 0 Å². The van der Waals surface area contributed by atoms with E-state index in [4.69, 9.17) is 9.47 Å². The van der Waals surface area contributed by atoms with E-state index in [0.29, 0.717) is 6.10 Å². The van der Waals surface area contributed by atoms with Gasteiger partial charge >= 0.3 is 0 Å². The highest BCUT2D eigenvalue weighted by Crippen LogP contribution is 2.22. The van der Waals surface area contributed by atoms with Crippen LogP contribution < -0.4 is 0 Å². The molecule has 0 aromatic rings. The van der Waals surface area contributed by atoms with Gasteiger partial charge in [-0.05, 0) is 13.3 Å². The fraction of sp³-hybridized carbons (Fsp3) is 1.00. The number of unbranched alkanes of at least 4 members (excludes halogenated alkanes) is 7. The molecule has 90 valence electrons. The maximum atomic E-state index is 5.49. The van der Waals surface area contributed by atoms with Crippen molar-refractivity contribution in [2.24, 2.45) is 0 Å². The summed E-state index contributed by atoms with van der Waals surface area (Å²) in [4.78, 5) is 0. The molecular formula is C13H26O2. The van der Waals surface area contributed by atoms with Crippen LogP contribution in [0.4, 0.5) is 0 Å². The average Bonchev–Trinajstić information content (AvgIpc) is 2.92. The van der Waals surface area contributed by atoms with Crippen molar-refractivity contribution < 1.29 is 9.47 Å². The highest BCUT2D eigenvalue weighted by molar-refractivity contribution is 4.69. The van der Waals surface area contributed by atoms with Gasteiger partial charge in [-0.15, -0.1) is 0 Å². The lowest BCUT2D eigenvalue weighted by atomic mass is 10.1. The molecule has 1 aliphatic heterocycles. The molecule has 2 heteroatoms. The van der Waals surface area contributed by atoms with Crippen LogP contribution in [0, 0.1) is 0 Å². The first-order valence-electron chi connectivity index (χ1n) is 6.61. The predicted octanol–water partition coefficient (Wildman–Crippen LogP) is 3.89.